The van der Waals surface area contributed by atoms with Crippen molar-refractivity contribution in [3.63, 3.8) is 0 Å². The maximum atomic E-state index is 12.4. The summed E-state index contributed by atoms with van der Waals surface area (Å²) in [5.74, 6) is -1.51. The fourth-order valence-electron chi connectivity index (χ4n) is 2.35. The van der Waals surface area contributed by atoms with Crippen molar-refractivity contribution in [1.29, 1.82) is 0 Å². The van der Waals surface area contributed by atoms with Crippen LogP contribution in [0.25, 0.3) is 4.96 Å². The number of rotatable bonds is 5. The summed E-state index contributed by atoms with van der Waals surface area (Å²) in [5.41, 5.74) is 0.792. The van der Waals surface area contributed by atoms with E-state index in [1.165, 1.54) is 29.6 Å². The fraction of sp³-hybridized carbons (Fsp3) is 0.176. The molecule has 0 aliphatic carbocycles. The van der Waals surface area contributed by atoms with Gasteiger partial charge in [-0.2, -0.15) is 0 Å². The van der Waals surface area contributed by atoms with Gasteiger partial charge in [0.1, 0.15) is 0 Å². The van der Waals surface area contributed by atoms with Crippen LogP contribution in [0.3, 0.4) is 0 Å². The number of carbonyl (C=O) groups is 3. The normalized spacial score (nSPS) is 12.0. The van der Waals surface area contributed by atoms with E-state index in [-0.39, 0.29) is 16.6 Å². The maximum Gasteiger partial charge on any atom is 0.359 e. The Morgan fingerprint density at radius 1 is 1.31 bits per heavy atom. The molecule has 26 heavy (non-hydrogen) atoms. The number of nitrogens with one attached hydrogen (secondary N) is 1. The highest BCUT2D eigenvalue weighted by Crippen LogP contribution is 2.22. The van der Waals surface area contributed by atoms with Gasteiger partial charge in [0.05, 0.1) is 5.69 Å². The number of aromatic nitrogens is 2. The summed E-state index contributed by atoms with van der Waals surface area (Å²) >= 11 is 7.31. The van der Waals surface area contributed by atoms with Crippen LogP contribution < -0.4 is 5.32 Å². The lowest BCUT2D eigenvalue weighted by atomic mass is 10.1. The van der Waals surface area contributed by atoms with E-state index in [4.69, 9.17) is 16.3 Å². The number of carbonyl (C=O) groups excluding carboxylic acids is 3. The third kappa shape index (κ3) is 3.47. The standard InChI is InChI=1S/C17H14ClN3O4S/c1-9(22)11-5-3-4-6-12(11)19-15(23)10(2)25-16(24)13-14(18)20-17-21(13)7-8-26-17/h3-8,10H,1-2H3,(H,19,23)/t10-/m0/s1. The third-order valence-corrected chi connectivity index (χ3v) is 4.65. The number of hydrogen-bond donors (Lipinski definition) is 1. The van der Waals surface area contributed by atoms with Gasteiger partial charge >= 0.3 is 5.97 Å². The molecular formula is C17H14ClN3O4S. The van der Waals surface area contributed by atoms with Gasteiger partial charge in [-0.1, -0.05) is 23.7 Å². The molecule has 0 unspecified atom stereocenters. The lowest BCUT2D eigenvalue weighted by molar-refractivity contribution is -0.123. The number of amides is 1. The summed E-state index contributed by atoms with van der Waals surface area (Å²) in [7, 11) is 0. The van der Waals surface area contributed by atoms with Crippen molar-refractivity contribution in [1.82, 2.24) is 9.38 Å². The number of nitrogens with zero attached hydrogens (tertiary/aromatic N) is 2. The van der Waals surface area contributed by atoms with Gasteiger partial charge in [-0.15, -0.1) is 11.3 Å². The van der Waals surface area contributed by atoms with E-state index >= 15 is 0 Å². The van der Waals surface area contributed by atoms with Crippen molar-refractivity contribution in [3.05, 3.63) is 52.3 Å². The molecule has 9 heteroatoms. The first kappa shape index (κ1) is 18.1. The Bertz CT molecular complexity index is 1010. The van der Waals surface area contributed by atoms with E-state index in [1.54, 1.807) is 35.8 Å². The summed E-state index contributed by atoms with van der Waals surface area (Å²) in [6.45, 7) is 2.84. The number of hydrogen-bond acceptors (Lipinski definition) is 6. The van der Waals surface area contributed by atoms with Crippen LogP contribution in [0.4, 0.5) is 5.69 Å². The Labute approximate surface area is 157 Å². The molecule has 1 aromatic carbocycles. The molecule has 0 spiro atoms. The molecule has 2 aromatic heterocycles. The number of benzene rings is 1. The number of para-hydroxylation sites is 1. The SMILES string of the molecule is CC(=O)c1ccccc1NC(=O)[C@H](C)OC(=O)c1c(Cl)nc2sccn12. The van der Waals surface area contributed by atoms with Gasteiger partial charge in [-0.25, -0.2) is 9.78 Å². The number of ketones is 1. The minimum absolute atomic E-state index is 0.0105. The van der Waals surface area contributed by atoms with Crippen LogP contribution in [0.1, 0.15) is 34.7 Å². The van der Waals surface area contributed by atoms with Crippen molar-refractivity contribution in [2.24, 2.45) is 0 Å². The van der Waals surface area contributed by atoms with Gasteiger partial charge in [0.15, 0.2) is 27.7 Å². The predicted molar refractivity (Wildman–Crippen MR) is 98.0 cm³/mol. The first-order valence-electron chi connectivity index (χ1n) is 7.61. The number of halogens is 1. The zero-order valence-corrected chi connectivity index (χ0v) is 15.4. The first-order chi connectivity index (χ1) is 12.4. The van der Waals surface area contributed by atoms with Crippen LogP contribution in [-0.4, -0.2) is 33.1 Å². The van der Waals surface area contributed by atoms with E-state index in [0.29, 0.717) is 16.2 Å². The third-order valence-electron chi connectivity index (χ3n) is 3.63. The highest BCUT2D eigenvalue weighted by atomic mass is 35.5. The molecule has 1 amide bonds. The van der Waals surface area contributed by atoms with E-state index in [0.717, 1.165) is 0 Å². The summed E-state index contributed by atoms with van der Waals surface area (Å²) in [4.78, 5) is 41.0. The minimum Gasteiger partial charge on any atom is -0.448 e. The van der Waals surface area contributed by atoms with E-state index < -0.39 is 18.0 Å². The van der Waals surface area contributed by atoms with Gasteiger partial charge in [-0.3, -0.25) is 14.0 Å². The smallest absolute Gasteiger partial charge is 0.359 e. The zero-order chi connectivity index (χ0) is 18.8. The van der Waals surface area contributed by atoms with Crippen molar-refractivity contribution < 1.29 is 19.1 Å². The molecule has 0 saturated carbocycles. The zero-order valence-electron chi connectivity index (χ0n) is 13.9. The van der Waals surface area contributed by atoms with Gasteiger partial charge < -0.3 is 10.1 Å². The lowest BCUT2D eigenvalue weighted by Gasteiger charge is -2.14. The molecule has 3 aromatic rings. The molecule has 0 saturated heterocycles. The Kier molecular flexibility index (Phi) is 5.06. The Hall–Kier alpha value is -2.71. The fourth-order valence-corrected chi connectivity index (χ4v) is 3.36. The molecule has 3 rings (SSSR count). The lowest BCUT2D eigenvalue weighted by Crippen LogP contribution is -2.30. The van der Waals surface area contributed by atoms with Crippen LogP contribution >= 0.6 is 22.9 Å². The number of ether oxygens (including phenoxy) is 1. The van der Waals surface area contributed by atoms with E-state index in [1.807, 2.05) is 0 Å². The molecule has 7 nitrogen and oxygen atoms in total. The highest BCUT2D eigenvalue weighted by molar-refractivity contribution is 7.15. The second-order valence-electron chi connectivity index (χ2n) is 5.45. The van der Waals surface area contributed by atoms with E-state index in [2.05, 4.69) is 10.3 Å². The monoisotopic (exact) mass is 391 g/mol. The molecule has 1 N–H and O–H groups in total. The van der Waals surface area contributed by atoms with Crippen LogP contribution in [0.2, 0.25) is 5.15 Å². The molecule has 0 bridgehead atoms. The maximum absolute atomic E-state index is 12.4. The quantitative estimate of drug-likeness (QED) is 0.531. The molecule has 134 valence electrons. The number of imidazole rings is 1. The summed E-state index contributed by atoms with van der Waals surface area (Å²) in [5, 5.41) is 4.36. The molecule has 0 aliphatic heterocycles. The van der Waals surface area contributed by atoms with Gasteiger partial charge in [0, 0.05) is 17.1 Å². The van der Waals surface area contributed by atoms with E-state index in [9.17, 15) is 14.4 Å². The number of anilines is 1. The second kappa shape index (κ2) is 7.27. The van der Waals surface area contributed by atoms with Crippen LogP contribution in [-0.2, 0) is 9.53 Å². The van der Waals surface area contributed by atoms with Crippen molar-refractivity contribution in [2.45, 2.75) is 20.0 Å². The minimum atomic E-state index is -1.09. The Balaban J connectivity index is 1.74. The second-order valence-corrected chi connectivity index (χ2v) is 6.68. The van der Waals surface area contributed by atoms with Gasteiger partial charge in [-0.05, 0) is 26.0 Å². The molecule has 0 fully saturated rings. The largest absolute Gasteiger partial charge is 0.448 e. The topological polar surface area (TPSA) is 89.8 Å². The summed E-state index contributed by atoms with van der Waals surface area (Å²) < 4.78 is 6.72. The molecule has 1 atom stereocenters. The number of esters is 1. The number of fused-ring (bicyclic) bond motifs is 1. The van der Waals surface area contributed by atoms with Crippen molar-refractivity contribution in [3.8, 4) is 0 Å². The molecular weight excluding hydrogens is 378 g/mol. The number of Topliss-reactive ketones (excluding diaryl/α,β-unsaturated/α-hetero) is 1. The van der Waals surface area contributed by atoms with Crippen LogP contribution in [0.15, 0.2) is 35.8 Å². The summed E-state index contributed by atoms with van der Waals surface area (Å²) in [6, 6.07) is 6.60. The van der Waals surface area contributed by atoms with Crippen LogP contribution in [0, 0.1) is 0 Å². The average Bonchev–Trinajstić information content (AvgIpc) is 3.14. The van der Waals surface area contributed by atoms with Gasteiger partial charge in [0.2, 0.25) is 0 Å². The Morgan fingerprint density at radius 2 is 2.04 bits per heavy atom. The average molecular weight is 392 g/mol. The first-order valence-corrected chi connectivity index (χ1v) is 8.87. The summed E-state index contributed by atoms with van der Waals surface area (Å²) in [6.07, 6.45) is 0.548. The molecule has 2 heterocycles. The highest BCUT2D eigenvalue weighted by Gasteiger charge is 2.25. The molecule has 0 radical (unpaired) electrons. The predicted octanol–water partition coefficient (Wildman–Crippen LogP) is 3.44. The van der Waals surface area contributed by atoms with Crippen molar-refractivity contribution >= 4 is 51.2 Å². The Morgan fingerprint density at radius 3 is 2.77 bits per heavy atom. The van der Waals surface area contributed by atoms with Crippen molar-refractivity contribution in [2.75, 3.05) is 5.32 Å². The molecule has 0 aliphatic rings. The van der Waals surface area contributed by atoms with Crippen LogP contribution in [0.5, 0.6) is 0 Å². The van der Waals surface area contributed by atoms with Gasteiger partial charge in [0.25, 0.3) is 5.91 Å². The number of thiazole rings is 1.